The molecule has 0 heterocycles. The molecule has 0 aliphatic rings. The van der Waals surface area contributed by atoms with E-state index in [4.69, 9.17) is 23.2 Å². The Bertz CT molecular complexity index is 709. The Labute approximate surface area is 144 Å². The van der Waals surface area contributed by atoms with Crippen LogP contribution in [-0.2, 0) is 0 Å². The van der Waals surface area contributed by atoms with E-state index in [2.05, 4.69) is 5.32 Å². The lowest BCUT2D eigenvalue weighted by Gasteiger charge is -2.24. The summed E-state index contributed by atoms with van der Waals surface area (Å²) in [5.41, 5.74) is 1.22. The van der Waals surface area contributed by atoms with Crippen molar-refractivity contribution in [3.8, 4) is 0 Å². The number of rotatable bonds is 6. The highest BCUT2D eigenvalue weighted by Gasteiger charge is 2.24. The summed E-state index contributed by atoms with van der Waals surface area (Å²) in [6, 6.07) is 11.2. The molecule has 0 fully saturated rings. The predicted molar refractivity (Wildman–Crippen MR) is 91.2 cm³/mol. The van der Waals surface area contributed by atoms with Crippen LogP contribution in [0.15, 0.2) is 42.5 Å². The van der Waals surface area contributed by atoms with Gasteiger partial charge in [-0.15, -0.1) is 0 Å². The Morgan fingerprint density at radius 1 is 1.17 bits per heavy atom. The van der Waals surface area contributed by atoms with Crippen LogP contribution < -0.4 is 5.32 Å². The topological polar surface area (TPSA) is 75.4 Å². The minimum Gasteiger partial charge on any atom is -0.388 e. The van der Waals surface area contributed by atoms with Crippen LogP contribution in [0, 0.1) is 10.1 Å². The van der Waals surface area contributed by atoms with E-state index in [0.29, 0.717) is 22.2 Å². The van der Waals surface area contributed by atoms with E-state index in [1.165, 1.54) is 12.1 Å². The smallest absolute Gasteiger partial charge is 0.269 e. The number of aliphatic hydroxyl groups is 1. The normalized spacial score (nSPS) is 13.6. The monoisotopic (exact) mass is 354 g/mol. The summed E-state index contributed by atoms with van der Waals surface area (Å²) in [4.78, 5) is 10.4. The Morgan fingerprint density at radius 2 is 1.91 bits per heavy atom. The minimum atomic E-state index is -0.917. The van der Waals surface area contributed by atoms with E-state index < -0.39 is 11.0 Å². The highest BCUT2D eigenvalue weighted by atomic mass is 35.5. The maximum atomic E-state index is 10.9. The van der Waals surface area contributed by atoms with Gasteiger partial charge >= 0.3 is 0 Å². The second-order valence-electron chi connectivity index (χ2n) is 5.13. The number of nitro groups is 1. The fourth-order valence-corrected chi connectivity index (χ4v) is 2.74. The van der Waals surface area contributed by atoms with Gasteiger partial charge in [-0.25, -0.2) is 0 Å². The fourth-order valence-electron chi connectivity index (χ4n) is 2.43. The molecule has 2 unspecified atom stereocenters. The third-order valence-electron chi connectivity index (χ3n) is 3.60. The molecule has 0 aliphatic heterocycles. The summed E-state index contributed by atoms with van der Waals surface area (Å²) in [6.07, 6.45) is -0.917. The van der Waals surface area contributed by atoms with Crippen LogP contribution in [-0.4, -0.2) is 23.6 Å². The van der Waals surface area contributed by atoms with Gasteiger partial charge in [-0.2, -0.15) is 0 Å². The average molecular weight is 355 g/mol. The van der Waals surface area contributed by atoms with Gasteiger partial charge in [0.25, 0.3) is 5.69 Å². The van der Waals surface area contributed by atoms with Crippen LogP contribution >= 0.6 is 23.2 Å². The Kier molecular flexibility index (Phi) is 5.96. The van der Waals surface area contributed by atoms with Crippen molar-refractivity contribution in [1.29, 1.82) is 0 Å². The summed E-state index contributed by atoms with van der Waals surface area (Å²) < 4.78 is 0. The van der Waals surface area contributed by atoms with Gasteiger partial charge in [-0.3, -0.25) is 10.1 Å². The van der Waals surface area contributed by atoms with Gasteiger partial charge in [0.2, 0.25) is 0 Å². The number of benzene rings is 2. The quantitative estimate of drug-likeness (QED) is 0.608. The second kappa shape index (κ2) is 7.75. The molecule has 0 aliphatic carbocycles. The SMILES string of the molecule is CNCC(c1ccc(Cl)c(Cl)c1)C(O)c1cccc([N+](=O)[O-])c1. The van der Waals surface area contributed by atoms with Gasteiger partial charge in [0.1, 0.15) is 0 Å². The molecule has 0 saturated carbocycles. The molecular weight excluding hydrogens is 339 g/mol. The van der Waals surface area contributed by atoms with Crippen molar-refractivity contribution in [2.24, 2.45) is 0 Å². The standard InChI is InChI=1S/C16H16Cl2N2O3/c1-19-9-13(10-5-6-14(17)15(18)8-10)16(21)11-3-2-4-12(7-11)20(22)23/h2-8,13,16,19,21H,9H2,1H3. The molecule has 0 radical (unpaired) electrons. The van der Waals surface area contributed by atoms with Gasteiger partial charge < -0.3 is 10.4 Å². The average Bonchev–Trinajstić information content (AvgIpc) is 2.55. The first-order valence-electron chi connectivity index (χ1n) is 6.96. The first kappa shape index (κ1) is 17.7. The fraction of sp³-hybridized carbons (Fsp3) is 0.250. The third-order valence-corrected chi connectivity index (χ3v) is 4.34. The summed E-state index contributed by atoms with van der Waals surface area (Å²) in [7, 11) is 1.77. The Morgan fingerprint density at radius 3 is 2.52 bits per heavy atom. The van der Waals surface area contributed by atoms with E-state index in [0.717, 1.165) is 5.56 Å². The molecular formula is C16H16Cl2N2O3. The van der Waals surface area contributed by atoms with E-state index >= 15 is 0 Å². The molecule has 0 bridgehead atoms. The Balaban J connectivity index is 2.38. The van der Waals surface area contributed by atoms with Crippen molar-refractivity contribution < 1.29 is 10.0 Å². The van der Waals surface area contributed by atoms with Gasteiger partial charge in [-0.1, -0.05) is 41.4 Å². The van der Waals surface area contributed by atoms with Gasteiger partial charge in [-0.05, 0) is 30.3 Å². The molecule has 2 N–H and O–H groups in total. The first-order valence-corrected chi connectivity index (χ1v) is 7.71. The molecule has 2 atom stereocenters. The summed E-state index contributed by atoms with van der Waals surface area (Å²) in [5, 5.41) is 25.4. The molecule has 122 valence electrons. The largest absolute Gasteiger partial charge is 0.388 e. The molecule has 2 aromatic rings. The van der Waals surface area contributed by atoms with E-state index in [-0.39, 0.29) is 11.6 Å². The highest BCUT2D eigenvalue weighted by molar-refractivity contribution is 6.42. The van der Waals surface area contributed by atoms with E-state index in [1.807, 2.05) is 0 Å². The van der Waals surface area contributed by atoms with Crippen LogP contribution in [0.3, 0.4) is 0 Å². The number of likely N-dealkylation sites (N-methyl/N-ethyl adjacent to an activating group) is 1. The maximum Gasteiger partial charge on any atom is 0.269 e. The molecule has 2 aromatic carbocycles. The van der Waals surface area contributed by atoms with E-state index in [1.54, 1.807) is 37.4 Å². The number of nitrogens with one attached hydrogen (secondary N) is 1. The molecule has 0 saturated heterocycles. The lowest BCUT2D eigenvalue weighted by molar-refractivity contribution is -0.385. The second-order valence-corrected chi connectivity index (χ2v) is 5.95. The molecule has 0 spiro atoms. The van der Waals surface area contributed by atoms with Crippen LogP contribution in [0.1, 0.15) is 23.1 Å². The van der Waals surface area contributed by atoms with Crippen LogP contribution in [0.5, 0.6) is 0 Å². The Hall–Kier alpha value is -1.66. The predicted octanol–water partition coefficient (Wildman–Crippen LogP) is 3.94. The third kappa shape index (κ3) is 4.20. The van der Waals surface area contributed by atoms with Gasteiger partial charge in [0.15, 0.2) is 0 Å². The lowest BCUT2D eigenvalue weighted by Crippen LogP contribution is -2.23. The van der Waals surface area contributed by atoms with Crippen LogP contribution in [0.25, 0.3) is 0 Å². The summed E-state index contributed by atoms with van der Waals surface area (Å²) in [6.45, 7) is 0.474. The lowest BCUT2D eigenvalue weighted by atomic mass is 9.89. The van der Waals surface area contributed by atoms with Crippen molar-refractivity contribution in [2.45, 2.75) is 12.0 Å². The van der Waals surface area contributed by atoms with Crippen molar-refractivity contribution in [1.82, 2.24) is 5.32 Å². The van der Waals surface area contributed by atoms with Crippen molar-refractivity contribution in [3.05, 3.63) is 73.8 Å². The van der Waals surface area contributed by atoms with Crippen LogP contribution in [0.2, 0.25) is 10.0 Å². The zero-order valence-electron chi connectivity index (χ0n) is 12.4. The number of halogens is 2. The first-order chi connectivity index (χ1) is 10.9. The maximum absolute atomic E-state index is 10.9. The number of hydrogen-bond donors (Lipinski definition) is 2. The molecule has 0 aromatic heterocycles. The van der Waals surface area contributed by atoms with E-state index in [9.17, 15) is 15.2 Å². The highest BCUT2D eigenvalue weighted by Crippen LogP contribution is 2.34. The minimum absolute atomic E-state index is 0.0566. The van der Waals surface area contributed by atoms with Crippen molar-refractivity contribution in [3.63, 3.8) is 0 Å². The summed E-state index contributed by atoms with van der Waals surface area (Å²) >= 11 is 12.0. The van der Waals surface area contributed by atoms with Crippen molar-refractivity contribution in [2.75, 3.05) is 13.6 Å². The van der Waals surface area contributed by atoms with Crippen molar-refractivity contribution >= 4 is 28.9 Å². The molecule has 5 nitrogen and oxygen atoms in total. The van der Waals surface area contributed by atoms with Gasteiger partial charge in [0, 0.05) is 24.6 Å². The zero-order valence-corrected chi connectivity index (χ0v) is 13.9. The molecule has 7 heteroatoms. The number of non-ortho nitro benzene ring substituents is 1. The zero-order chi connectivity index (χ0) is 17.0. The summed E-state index contributed by atoms with van der Waals surface area (Å²) in [5.74, 6) is -0.322. The molecule has 23 heavy (non-hydrogen) atoms. The number of hydrogen-bond acceptors (Lipinski definition) is 4. The number of nitro benzene ring substituents is 1. The number of aliphatic hydroxyl groups excluding tert-OH is 1. The van der Waals surface area contributed by atoms with Gasteiger partial charge in [0.05, 0.1) is 21.1 Å². The van der Waals surface area contributed by atoms with Crippen LogP contribution in [0.4, 0.5) is 5.69 Å². The molecule has 2 rings (SSSR count). The number of nitrogens with zero attached hydrogens (tertiary/aromatic N) is 1. The molecule has 0 amide bonds.